The summed E-state index contributed by atoms with van der Waals surface area (Å²) in [5.74, 6) is 0.763. The van der Waals surface area contributed by atoms with Gasteiger partial charge in [0.1, 0.15) is 11.6 Å². The van der Waals surface area contributed by atoms with Crippen molar-refractivity contribution in [2.75, 3.05) is 13.7 Å². The third-order valence-corrected chi connectivity index (χ3v) is 4.80. The van der Waals surface area contributed by atoms with Gasteiger partial charge >= 0.3 is 0 Å². The predicted molar refractivity (Wildman–Crippen MR) is 110 cm³/mol. The first-order valence-electron chi connectivity index (χ1n) is 9.84. The highest BCUT2D eigenvalue weighted by Crippen LogP contribution is 2.25. The second kappa shape index (κ2) is 9.54. The van der Waals surface area contributed by atoms with E-state index in [0.29, 0.717) is 25.9 Å². The lowest BCUT2D eigenvalue weighted by Gasteiger charge is -2.26. The Labute approximate surface area is 171 Å². The molecule has 1 heterocycles. The van der Waals surface area contributed by atoms with Crippen LogP contribution in [0.1, 0.15) is 37.8 Å². The van der Waals surface area contributed by atoms with E-state index in [0.717, 1.165) is 22.6 Å². The van der Waals surface area contributed by atoms with Gasteiger partial charge in [-0.25, -0.2) is 4.39 Å². The number of carbonyl (C=O) groups excluding carboxylic acids is 1. The molecule has 0 saturated heterocycles. The molecule has 6 heteroatoms. The minimum atomic E-state index is -0.289. The largest absolute Gasteiger partial charge is 0.496 e. The van der Waals surface area contributed by atoms with Crippen molar-refractivity contribution in [2.24, 2.45) is 11.1 Å². The van der Waals surface area contributed by atoms with Gasteiger partial charge in [0, 0.05) is 24.9 Å². The van der Waals surface area contributed by atoms with Crippen molar-refractivity contribution in [3.05, 3.63) is 65.5 Å². The third kappa shape index (κ3) is 5.56. The summed E-state index contributed by atoms with van der Waals surface area (Å²) >= 11 is 0. The number of amides is 1. The average molecular weight is 398 g/mol. The molecule has 0 N–H and O–H groups in total. The SMILES string of the molecule is COc1ccccc1C1=NO[C@@H](CN(Cc2ccc(F)cc2)C(=O)CC(C)C)C1. The molecular formula is C23H27FN2O3. The number of methoxy groups -OCH3 is 1. The van der Waals surface area contributed by atoms with E-state index in [9.17, 15) is 9.18 Å². The van der Waals surface area contributed by atoms with Crippen LogP contribution < -0.4 is 4.74 Å². The molecule has 0 radical (unpaired) electrons. The minimum absolute atomic E-state index is 0.0543. The van der Waals surface area contributed by atoms with Gasteiger partial charge in [-0.05, 0) is 35.7 Å². The number of carbonyl (C=O) groups is 1. The maximum Gasteiger partial charge on any atom is 0.223 e. The lowest BCUT2D eigenvalue weighted by molar-refractivity contribution is -0.134. The molecule has 0 unspecified atom stereocenters. The van der Waals surface area contributed by atoms with Crippen LogP contribution in [0.3, 0.4) is 0 Å². The van der Waals surface area contributed by atoms with Crippen LogP contribution in [0.25, 0.3) is 0 Å². The Morgan fingerprint density at radius 3 is 2.66 bits per heavy atom. The van der Waals surface area contributed by atoms with Gasteiger partial charge in [0.15, 0.2) is 6.10 Å². The molecule has 0 aromatic heterocycles. The molecule has 0 fully saturated rings. The van der Waals surface area contributed by atoms with Gasteiger partial charge in [0.25, 0.3) is 0 Å². The van der Waals surface area contributed by atoms with Gasteiger partial charge < -0.3 is 14.5 Å². The topological polar surface area (TPSA) is 51.1 Å². The summed E-state index contributed by atoms with van der Waals surface area (Å²) in [7, 11) is 1.63. The number of hydrogen-bond donors (Lipinski definition) is 0. The summed E-state index contributed by atoms with van der Waals surface area (Å²) in [6.07, 6.45) is 0.815. The van der Waals surface area contributed by atoms with Crippen LogP contribution in [0.2, 0.25) is 0 Å². The fraction of sp³-hybridized carbons (Fsp3) is 0.391. The van der Waals surface area contributed by atoms with Crippen LogP contribution in [0.5, 0.6) is 5.75 Å². The maximum atomic E-state index is 13.2. The first-order chi connectivity index (χ1) is 14.0. The van der Waals surface area contributed by atoms with Gasteiger partial charge in [0.05, 0.1) is 19.4 Å². The summed E-state index contributed by atoms with van der Waals surface area (Å²) in [5.41, 5.74) is 2.59. The molecule has 1 atom stereocenters. The normalized spacial score (nSPS) is 15.8. The Kier molecular flexibility index (Phi) is 6.86. The first-order valence-corrected chi connectivity index (χ1v) is 9.84. The summed E-state index contributed by atoms with van der Waals surface area (Å²) in [4.78, 5) is 20.2. The van der Waals surface area contributed by atoms with Crippen molar-refractivity contribution in [1.82, 2.24) is 4.90 Å². The molecule has 2 aromatic carbocycles. The molecule has 29 heavy (non-hydrogen) atoms. The molecular weight excluding hydrogens is 371 g/mol. The monoisotopic (exact) mass is 398 g/mol. The molecule has 154 valence electrons. The van der Waals surface area contributed by atoms with Crippen molar-refractivity contribution in [1.29, 1.82) is 0 Å². The number of hydrogen-bond acceptors (Lipinski definition) is 4. The van der Waals surface area contributed by atoms with E-state index in [4.69, 9.17) is 9.57 Å². The zero-order chi connectivity index (χ0) is 20.8. The number of para-hydroxylation sites is 1. The van der Waals surface area contributed by atoms with Crippen molar-refractivity contribution < 1.29 is 18.8 Å². The standard InChI is InChI=1S/C23H27FN2O3/c1-16(2)12-23(27)26(14-17-8-10-18(24)11-9-17)15-19-13-21(25-29-19)20-6-4-5-7-22(20)28-3/h4-11,16,19H,12-15H2,1-3H3/t19-/m1/s1. The lowest BCUT2D eigenvalue weighted by Crippen LogP contribution is -2.37. The van der Waals surface area contributed by atoms with E-state index in [1.54, 1.807) is 24.1 Å². The fourth-order valence-electron chi connectivity index (χ4n) is 3.36. The van der Waals surface area contributed by atoms with E-state index in [1.807, 2.05) is 38.1 Å². The second-order valence-corrected chi connectivity index (χ2v) is 7.67. The molecule has 0 bridgehead atoms. The van der Waals surface area contributed by atoms with E-state index >= 15 is 0 Å². The van der Waals surface area contributed by atoms with Gasteiger partial charge in [-0.15, -0.1) is 0 Å². The van der Waals surface area contributed by atoms with Gasteiger partial charge in [-0.3, -0.25) is 4.79 Å². The second-order valence-electron chi connectivity index (χ2n) is 7.67. The Balaban J connectivity index is 1.69. The van der Waals surface area contributed by atoms with E-state index in [1.165, 1.54) is 12.1 Å². The molecule has 0 spiro atoms. The highest BCUT2D eigenvalue weighted by molar-refractivity contribution is 6.03. The predicted octanol–water partition coefficient (Wildman–Crippen LogP) is 4.40. The molecule has 0 aliphatic carbocycles. The summed E-state index contributed by atoms with van der Waals surface area (Å²) < 4.78 is 18.6. The number of benzene rings is 2. The molecule has 2 aromatic rings. The Bertz CT molecular complexity index is 865. The van der Waals surface area contributed by atoms with Crippen LogP contribution in [0, 0.1) is 11.7 Å². The van der Waals surface area contributed by atoms with Crippen LogP contribution in [-0.4, -0.2) is 36.3 Å². The number of nitrogens with zero attached hydrogens (tertiary/aromatic N) is 2. The number of rotatable bonds is 8. The quantitative estimate of drug-likeness (QED) is 0.662. The fourth-order valence-corrected chi connectivity index (χ4v) is 3.36. The lowest BCUT2D eigenvalue weighted by atomic mass is 10.0. The highest BCUT2D eigenvalue weighted by atomic mass is 19.1. The van der Waals surface area contributed by atoms with Gasteiger partial charge in [0.2, 0.25) is 5.91 Å². The van der Waals surface area contributed by atoms with E-state index in [-0.39, 0.29) is 23.7 Å². The zero-order valence-corrected chi connectivity index (χ0v) is 17.1. The molecule has 3 rings (SSSR count). The summed E-state index contributed by atoms with van der Waals surface area (Å²) in [6.45, 7) is 4.87. The highest BCUT2D eigenvalue weighted by Gasteiger charge is 2.28. The molecule has 5 nitrogen and oxygen atoms in total. The van der Waals surface area contributed by atoms with E-state index in [2.05, 4.69) is 5.16 Å². The zero-order valence-electron chi connectivity index (χ0n) is 17.1. The Hall–Kier alpha value is -2.89. The van der Waals surface area contributed by atoms with Crippen molar-refractivity contribution in [3.63, 3.8) is 0 Å². The van der Waals surface area contributed by atoms with Crippen LogP contribution in [0.15, 0.2) is 53.7 Å². The number of halogens is 1. The first kappa shape index (κ1) is 20.8. The summed E-state index contributed by atoms with van der Waals surface area (Å²) in [6, 6.07) is 13.9. The number of ether oxygens (including phenoxy) is 1. The van der Waals surface area contributed by atoms with E-state index < -0.39 is 0 Å². The molecule has 0 saturated carbocycles. The van der Waals surface area contributed by atoms with Gasteiger partial charge in [-0.2, -0.15) is 0 Å². The molecule has 1 amide bonds. The van der Waals surface area contributed by atoms with Crippen LogP contribution in [-0.2, 0) is 16.2 Å². The van der Waals surface area contributed by atoms with Crippen LogP contribution in [0.4, 0.5) is 4.39 Å². The smallest absolute Gasteiger partial charge is 0.223 e. The third-order valence-electron chi connectivity index (χ3n) is 4.80. The average Bonchev–Trinajstić information content (AvgIpc) is 3.17. The van der Waals surface area contributed by atoms with Crippen molar-refractivity contribution in [2.45, 2.75) is 39.3 Å². The Morgan fingerprint density at radius 2 is 1.97 bits per heavy atom. The van der Waals surface area contributed by atoms with Crippen molar-refractivity contribution in [3.8, 4) is 5.75 Å². The maximum absolute atomic E-state index is 13.2. The minimum Gasteiger partial charge on any atom is -0.496 e. The molecule has 1 aliphatic rings. The van der Waals surface area contributed by atoms with Crippen LogP contribution >= 0.6 is 0 Å². The van der Waals surface area contributed by atoms with Crippen molar-refractivity contribution >= 4 is 11.6 Å². The van der Waals surface area contributed by atoms with Gasteiger partial charge in [-0.1, -0.05) is 43.3 Å². The number of oxime groups is 1. The Morgan fingerprint density at radius 1 is 1.24 bits per heavy atom. The summed E-state index contributed by atoms with van der Waals surface area (Å²) in [5, 5.41) is 4.24. The molecule has 1 aliphatic heterocycles.